The summed E-state index contributed by atoms with van der Waals surface area (Å²) >= 11 is 5.97. The van der Waals surface area contributed by atoms with Crippen molar-refractivity contribution in [2.45, 2.75) is 0 Å². The lowest BCUT2D eigenvalue weighted by atomic mass is 10.1. The van der Waals surface area contributed by atoms with Gasteiger partial charge in [0.2, 0.25) is 0 Å². The van der Waals surface area contributed by atoms with E-state index in [4.69, 9.17) is 21.1 Å². The summed E-state index contributed by atoms with van der Waals surface area (Å²) in [5.41, 5.74) is 2.61. The molecule has 1 aliphatic rings. The Morgan fingerprint density at radius 3 is 2.73 bits per heavy atom. The first-order valence-corrected chi connectivity index (χ1v) is 9.60. The highest BCUT2D eigenvalue weighted by atomic mass is 35.5. The van der Waals surface area contributed by atoms with Gasteiger partial charge < -0.3 is 19.2 Å². The average molecular weight is 424 g/mol. The molecular formula is C22H15ClFN3O3. The molecule has 150 valence electrons. The second-order valence-corrected chi connectivity index (χ2v) is 7.13. The normalized spacial score (nSPS) is 12.7. The van der Waals surface area contributed by atoms with Crippen LogP contribution in [0.15, 0.2) is 60.9 Å². The Labute approximate surface area is 175 Å². The van der Waals surface area contributed by atoms with Gasteiger partial charge in [0, 0.05) is 18.0 Å². The number of halogens is 2. The van der Waals surface area contributed by atoms with Gasteiger partial charge in [-0.15, -0.1) is 0 Å². The Bertz CT molecular complexity index is 1270. The molecule has 2 aromatic carbocycles. The summed E-state index contributed by atoms with van der Waals surface area (Å²) in [5, 5.41) is 2.73. The second-order valence-electron chi connectivity index (χ2n) is 6.72. The van der Waals surface area contributed by atoms with Gasteiger partial charge in [-0.3, -0.25) is 4.79 Å². The van der Waals surface area contributed by atoms with E-state index in [-0.39, 0.29) is 10.6 Å². The molecule has 6 nitrogen and oxygen atoms in total. The quantitative estimate of drug-likeness (QED) is 0.513. The zero-order valence-corrected chi connectivity index (χ0v) is 16.3. The Morgan fingerprint density at radius 2 is 1.90 bits per heavy atom. The molecule has 0 fully saturated rings. The molecule has 8 heteroatoms. The van der Waals surface area contributed by atoms with Crippen molar-refractivity contribution in [2.75, 3.05) is 18.5 Å². The summed E-state index contributed by atoms with van der Waals surface area (Å²) in [5.74, 6) is 0.102. The van der Waals surface area contributed by atoms with Gasteiger partial charge in [0.1, 0.15) is 24.7 Å². The summed E-state index contributed by atoms with van der Waals surface area (Å²) in [7, 11) is 0. The van der Waals surface area contributed by atoms with Crippen molar-refractivity contribution in [1.82, 2.24) is 9.38 Å². The van der Waals surface area contributed by atoms with Crippen LogP contribution in [0.25, 0.3) is 16.9 Å². The van der Waals surface area contributed by atoms with E-state index in [2.05, 4.69) is 10.3 Å². The molecule has 3 heterocycles. The summed E-state index contributed by atoms with van der Waals surface area (Å²) in [6, 6.07) is 13.2. The number of nitrogens with one attached hydrogen (secondary N) is 1. The number of fused-ring (bicyclic) bond motifs is 2. The monoisotopic (exact) mass is 423 g/mol. The maximum atomic E-state index is 14.0. The standard InChI is InChI=1S/C22H15ClFN3O3/c23-15-2-1-3-16(24)21(15)22(28)25-14-5-7-20-26-17(12-27(20)11-14)13-4-6-18-19(10-13)30-9-8-29-18/h1-7,10-12H,8-9H2,(H,25,28). The highest BCUT2D eigenvalue weighted by molar-refractivity contribution is 6.34. The maximum absolute atomic E-state index is 14.0. The molecule has 5 rings (SSSR count). The first kappa shape index (κ1) is 18.4. The van der Waals surface area contributed by atoms with E-state index >= 15 is 0 Å². The Morgan fingerprint density at radius 1 is 1.07 bits per heavy atom. The predicted octanol–water partition coefficient (Wildman–Crippen LogP) is 4.82. The summed E-state index contributed by atoms with van der Waals surface area (Å²) in [6.07, 6.45) is 3.54. The topological polar surface area (TPSA) is 64.9 Å². The Hall–Kier alpha value is -3.58. The number of carbonyl (C=O) groups is 1. The molecule has 0 bridgehead atoms. The highest BCUT2D eigenvalue weighted by Crippen LogP contribution is 2.34. The van der Waals surface area contributed by atoms with Gasteiger partial charge >= 0.3 is 0 Å². The van der Waals surface area contributed by atoms with Crippen molar-refractivity contribution < 1.29 is 18.7 Å². The third kappa shape index (κ3) is 3.33. The number of pyridine rings is 1. The SMILES string of the molecule is O=C(Nc1ccc2nc(-c3ccc4c(c3)OCCO4)cn2c1)c1c(F)cccc1Cl. The summed E-state index contributed by atoms with van der Waals surface area (Å²) in [4.78, 5) is 17.1. The van der Waals surface area contributed by atoms with Crippen LogP contribution in [0.3, 0.4) is 0 Å². The lowest BCUT2D eigenvalue weighted by molar-refractivity contribution is 0.102. The van der Waals surface area contributed by atoms with E-state index in [0.717, 1.165) is 11.3 Å². The van der Waals surface area contributed by atoms with Crippen molar-refractivity contribution in [3.63, 3.8) is 0 Å². The van der Waals surface area contributed by atoms with Crippen LogP contribution in [0.4, 0.5) is 10.1 Å². The zero-order chi connectivity index (χ0) is 20.7. The largest absolute Gasteiger partial charge is 0.486 e. The molecule has 0 spiro atoms. The fourth-order valence-electron chi connectivity index (χ4n) is 3.32. The van der Waals surface area contributed by atoms with Crippen molar-refractivity contribution in [2.24, 2.45) is 0 Å². The number of amides is 1. The van der Waals surface area contributed by atoms with Crippen LogP contribution in [-0.4, -0.2) is 28.5 Å². The number of nitrogens with zero attached hydrogens (tertiary/aromatic N) is 2. The van der Waals surface area contributed by atoms with Crippen LogP contribution < -0.4 is 14.8 Å². The molecular weight excluding hydrogens is 409 g/mol. The molecule has 30 heavy (non-hydrogen) atoms. The minimum atomic E-state index is -0.676. The molecule has 1 N–H and O–H groups in total. The first-order chi connectivity index (χ1) is 14.6. The number of ether oxygens (including phenoxy) is 2. The van der Waals surface area contributed by atoms with E-state index in [1.54, 1.807) is 22.7 Å². The van der Waals surface area contributed by atoms with Gasteiger partial charge in [-0.25, -0.2) is 9.37 Å². The van der Waals surface area contributed by atoms with Gasteiger partial charge in [0.25, 0.3) is 5.91 Å². The van der Waals surface area contributed by atoms with Crippen LogP contribution >= 0.6 is 11.6 Å². The van der Waals surface area contributed by atoms with Crippen LogP contribution in [0, 0.1) is 5.82 Å². The molecule has 2 aromatic heterocycles. The smallest absolute Gasteiger partial charge is 0.260 e. The fourth-order valence-corrected chi connectivity index (χ4v) is 3.56. The molecule has 0 atom stereocenters. The van der Waals surface area contributed by atoms with Crippen molar-refractivity contribution >= 4 is 28.8 Å². The summed E-state index contributed by atoms with van der Waals surface area (Å²) in [6.45, 7) is 1.05. The van der Waals surface area contributed by atoms with Crippen LogP contribution in [0.1, 0.15) is 10.4 Å². The third-order valence-corrected chi connectivity index (χ3v) is 5.05. The van der Waals surface area contributed by atoms with Gasteiger partial charge in [0.15, 0.2) is 11.5 Å². The second kappa shape index (κ2) is 7.35. The molecule has 4 aromatic rings. The number of imidazole rings is 1. The zero-order valence-electron chi connectivity index (χ0n) is 15.6. The van der Waals surface area contributed by atoms with Gasteiger partial charge in [-0.2, -0.15) is 0 Å². The first-order valence-electron chi connectivity index (χ1n) is 9.22. The lowest BCUT2D eigenvalue weighted by Crippen LogP contribution is -2.15. The molecule has 0 saturated heterocycles. The number of rotatable bonds is 3. The predicted molar refractivity (Wildman–Crippen MR) is 111 cm³/mol. The van der Waals surface area contributed by atoms with E-state index in [0.29, 0.717) is 36.0 Å². The minimum absolute atomic E-state index is 0.0529. The van der Waals surface area contributed by atoms with Crippen molar-refractivity contribution in [3.05, 3.63) is 77.3 Å². The highest BCUT2D eigenvalue weighted by Gasteiger charge is 2.17. The Balaban J connectivity index is 1.44. The average Bonchev–Trinajstić information content (AvgIpc) is 3.17. The number of aromatic nitrogens is 2. The van der Waals surface area contributed by atoms with E-state index in [1.165, 1.54) is 18.2 Å². The van der Waals surface area contributed by atoms with Crippen LogP contribution in [-0.2, 0) is 0 Å². The molecule has 1 amide bonds. The maximum Gasteiger partial charge on any atom is 0.260 e. The molecule has 1 aliphatic heterocycles. The Kier molecular flexibility index (Phi) is 4.52. The fraction of sp³-hybridized carbons (Fsp3) is 0.0909. The number of hydrogen-bond donors (Lipinski definition) is 1. The van der Waals surface area contributed by atoms with E-state index in [9.17, 15) is 9.18 Å². The van der Waals surface area contributed by atoms with E-state index in [1.807, 2.05) is 24.4 Å². The molecule has 0 aliphatic carbocycles. The van der Waals surface area contributed by atoms with Gasteiger partial charge in [0.05, 0.1) is 22.0 Å². The van der Waals surface area contributed by atoms with Crippen LogP contribution in [0.2, 0.25) is 5.02 Å². The van der Waals surface area contributed by atoms with Crippen molar-refractivity contribution in [3.8, 4) is 22.8 Å². The number of anilines is 1. The minimum Gasteiger partial charge on any atom is -0.486 e. The third-order valence-electron chi connectivity index (χ3n) is 4.74. The lowest BCUT2D eigenvalue weighted by Gasteiger charge is -2.18. The van der Waals surface area contributed by atoms with E-state index < -0.39 is 11.7 Å². The van der Waals surface area contributed by atoms with Gasteiger partial charge in [-0.05, 0) is 42.5 Å². The van der Waals surface area contributed by atoms with Crippen LogP contribution in [0.5, 0.6) is 11.5 Å². The summed E-state index contributed by atoms with van der Waals surface area (Å²) < 4.78 is 27.0. The van der Waals surface area contributed by atoms with Gasteiger partial charge in [-0.1, -0.05) is 17.7 Å². The number of benzene rings is 2. The number of carbonyl (C=O) groups excluding carboxylic acids is 1. The molecule has 0 unspecified atom stereocenters. The molecule has 0 radical (unpaired) electrons. The molecule has 0 saturated carbocycles. The number of hydrogen-bond acceptors (Lipinski definition) is 4. The van der Waals surface area contributed by atoms with Crippen molar-refractivity contribution in [1.29, 1.82) is 0 Å².